The molecular weight excluding hydrogens is 145 g/mol. The Labute approximate surface area is 65.2 Å². The number of alkyl halides is 1. The van der Waals surface area contributed by atoms with Crippen LogP contribution in [-0.4, -0.2) is 6.67 Å². The van der Waals surface area contributed by atoms with Gasteiger partial charge in [0.05, 0.1) is 6.04 Å². The van der Waals surface area contributed by atoms with Gasteiger partial charge in [-0.15, -0.1) is 0 Å². The summed E-state index contributed by atoms with van der Waals surface area (Å²) in [6.07, 6.45) is 0.818. The number of nitrogens with two attached hydrogens (primary N) is 1. The molecule has 0 fully saturated rings. The fourth-order valence-corrected chi connectivity index (χ4v) is 0.860. The van der Waals surface area contributed by atoms with Gasteiger partial charge in [0.25, 0.3) is 0 Å². The first-order valence-electron chi connectivity index (χ1n) is 3.68. The minimum atomic E-state index is -0.602. The van der Waals surface area contributed by atoms with Crippen LogP contribution in [0.2, 0.25) is 0 Å². The smallest absolute Gasteiger partial charge is 0.123 e. The molecule has 0 amide bonds. The minimum absolute atomic E-state index is 0.532. The summed E-state index contributed by atoms with van der Waals surface area (Å²) in [6.45, 7) is 1.40. The number of hydrogen-bond donors (Lipinski definition) is 1. The van der Waals surface area contributed by atoms with Gasteiger partial charge in [-0.25, -0.2) is 4.39 Å². The Balaban J connectivity index is 2.71. The molecule has 2 nitrogen and oxygen atoms in total. The van der Waals surface area contributed by atoms with Gasteiger partial charge in [-0.1, -0.05) is 6.92 Å². The summed E-state index contributed by atoms with van der Waals surface area (Å²) in [5.74, 6) is 1.38. The Hall–Kier alpha value is -0.830. The maximum atomic E-state index is 12.0. The van der Waals surface area contributed by atoms with Gasteiger partial charge in [0.15, 0.2) is 0 Å². The van der Waals surface area contributed by atoms with Gasteiger partial charge in [0.1, 0.15) is 18.2 Å². The van der Waals surface area contributed by atoms with E-state index >= 15 is 0 Å². The van der Waals surface area contributed by atoms with Crippen LogP contribution in [0.1, 0.15) is 24.5 Å². The SMILES string of the molecule is CCc1ccc([C@@H](N)CF)o1. The number of halogens is 1. The van der Waals surface area contributed by atoms with Gasteiger partial charge in [-0.3, -0.25) is 0 Å². The first-order valence-corrected chi connectivity index (χ1v) is 3.68. The Bertz CT molecular complexity index is 222. The highest BCUT2D eigenvalue weighted by atomic mass is 19.1. The second-order valence-corrected chi connectivity index (χ2v) is 2.42. The van der Waals surface area contributed by atoms with Crippen LogP contribution < -0.4 is 5.73 Å². The molecule has 1 aromatic rings. The molecule has 0 aliphatic carbocycles. The molecule has 1 aromatic heterocycles. The van der Waals surface area contributed by atoms with Crippen molar-refractivity contribution in [3.05, 3.63) is 23.7 Å². The van der Waals surface area contributed by atoms with Crippen molar-refractivity contribution in [3.63, 3.8) is 0 Å². The van der Waals surface area contributed by atoms with Crippen molar-refractivity contribution in [2.45, 2.75) is 19.4 Å². The predicted octanol–water partition coefficient (Wildman–Crippen LogP) is 1.81. The largest absolute Gasteiger partial charge is 0.464 e. The molecule has 0 saturated heterocycles. The molecule has 0 unspecified atom stereocenters. The van der Waals surface area contributed by atoms with E-state index < -0.39 is 12.7 Å². The van der Waals surface area contributed by atoms with E-state index in [9.17, 15) is 4.39 Å². The summed E-state index contributed by atoms with van der Waals surface area (Å²) in [6, 6.07) is 2.95. The lowest BCUT2D eigenvalue weighted by molar-refractivity contribution is 0.370. The Kier molecular flexibility index (Phi) is 2.65. The Morgan fingerprint density at radius 2 is 2.36 bits per heavy atom. The molecule has 0 aromatic carbocycles. The van der Waals surface area contributed by atoms with Crippen molar-refractivity contribution < 1.29 is 8.81 Å². The summed E-state index contributed by atoms with van der Waals surface area (Å²) >= 11 is 0. The number of furan rings is 1. The Morgan fingerprint density at radius 1 is 1.64 bits per heavy atom. The van der Waals surface area contributed by atoms with Crippen LogP contribution in [0.25, 0.3) is 0 Å². The third kappa shape index (κ3) is 1.80. The van der Waals surface area contributed by atoms with Crippen LogP contribution in [0.3, 0.4) is 0 Å². The molecule has 0 bridgehead atoms. The van der Waals surface area contributed by atoms with E-state index in [1.54, 1.807) is 6.07 Å². The highest BCUT2D eigenvalue weighted by molar-refractivity contribution is 5.10. The van der Waals surface area contributed by atoms with Crippen molar-refractivity contribution in [1.29, 1.82) is 0 Å². The van der Waals surface area contributed by atoms with E-state index in [4.69, 9.17) is 10.2 Å². The average Bonchev–Trinajstić information content (AvgIpc) is 2.50. The zero-order valence-electron chi connectivity index (χ0n) is 6.51. The van der Waals surface area contributed by atoms with Crippen molar-refractivity contribution in [2.24, 2.45) is 5.73 Å². The van der Waals surface area contributed by atoms with Gasteiger partial charge in [0.2, 0.25) is 0 Å². The lowest BCUT2D eigenvalue weighted by Crippen LogP contribution is -2.10. The summed E-state index contributed by atoms with van der Waals surface area (Å²) in [5.41, 5.74) is 5.39. The van der Waals surface area contributed by atoms with Crippen molar-refractivity contribution in [2.75, 3.05) is 6.67 Å². The third-order valence-corrected chi connectivity index (χ3v) is 1.56. The van der Waals surface area contributed by atoms with E-state index in [2.05, 4.69) is 0 Å². The molecule has 2 N–H and O–H groups in total. The van der Waals surface area contributed by atoms with Crippen LogP contribution in [0.5, 0.6) is 0 Å². The van der Waals surface area contributed by atoms with E-state index in [0.29, 0.717) is 5.76 Å². The standard InChI is InChI=1S/C8H12FNO/c1-2-6-3-4-8(11-6)7(10)5-9/h3-4,7H,2,5,10H2,1H3/t7-/m0/s1. The van der Waals surface area contributed by atoms with Gasteiger partial charge >= 0.3 is 0 Å². The van der Waals surface area contributed by atoms with Gasteiger partial charge in [-0.05, 0) is 12.1 Å². The highest BCUT2D eigenvalue weighted by Crippen LogP contribution is 2.14. The van der Waals surface area contributed by atoms with Gasteiger partial charge in [-0.2, -0.15) is 0 Å². The quantitative estimate of drug-likeness (QED) is 0.726. The van der Waals surface area contributed by atoms with E-state index in [-0.39, 0.29) is 0 Å². The Morgan fingerprint density at radius 3 is 2.82 bits per heavy atom. The zero-order chi connectivity index (χ0) is 8.27. The molecule has 11 heavy (non-hydrogen) atoms. The lowest BCUT2D eigenvalue weighted by Gasteiger charge is -2.00. The summed E-state index contributed by atoms with van der Waals surface area (Å²) in [5, 5.41) is 0. The monoisotopic (exact) mass is 157 g/mol. The fourth-order valence-electron chi connectivity index (χ4n) is 0.860. The lowest BCUT2D eigenvalue weighted by atomic mass is 10.3. The first-order chi connectivity index (χ1) is 5.27. The van der Waals surface area contributed by atoms with E-state index in [0.717, 1.165) is 12.2 Å². The highest BCUT2D eigenvalue weighted by Gasteiger charge is 2.08. The topological polar surface area (TPSA) is 39.2 Å². The predicted molar refractivity (Wildman–Crippen MR) is 41.0 cm³/mol. The molecule has 0 spiro atoms. The van der Waals surface area contributed by atoms with Crippen LogP contribution in [0.4, 0.5) is 4.39 Å². The zero-order valence-corrected chi connectivity index (χ0v) is 6.51. The fraction of sp³-hybridized carbons (Fsp3) is 0.500. The molecule has 1 atom stereocenters. The molecule has 0 saturated carbocycles. The van der Waals surface area contributed by atoms with Crippen molar-refractivity contribution >= 4 is 0 Å². The summed E-state index contributed by atoms with van der Waals surface area (Å²) in [7, 11) is 0. The summed E-state index contributed by atoms with van der Waals surface area (Å²) < 4.78 is 17.2. The molecule has 0 aliphatic heterocycles. The molecule has 0 radical (unpaired) electrons. The minimum Gasteiger partial charge on any atom is -0.464 e. The van der Waals surface area contributed by atoms with Crippen LogP contribution >= 0.6 is 0 Å². The summed E-state index contributed by atoms with van der Waals surface area (Å²) in [4.78, 5) is 0. The number of rotatable bonds is 3. The van der Waals surface area contributed by atoms with Gasteiger partial charge in [0, 0.05) is 6.42 Å². The first kappa shape index (κ1) is 8.27. The second kappa shape index (κ2) is 3.53. The molecular formula is C8H12FNO. The van der Waals surface area contributed by atoms with Gasteiger partial charge < -0.3 is 10.2 Å². The van der Waals surface area contributed by atoms with E-state index in [1.165, 1.54) is 0 Å². The van der Waals surface area contributed by atoms with E-state index in [1.807, 2.05) is 13.0 Å². The van der Waals surface area contributed by atoms with Crippen molar-refractivity contribution in [1.82, 2.24) is 0 Å². The van der Waals surface area contributed by atoms with Crippen LogP contribution in [0.15, 0.2) is 16.5 Å². The van der Waals surface area contributed by atoms with Crippen molar-refractivity contribution in [3.8, 4) is 0 Å². The molecule has 0 aliphatic rings. The number of aryl methyl sites for hydroxylation is 1. The van der Waals surface area contributed by atoms with Crippen LogP contribution in [-0.2, 0) is 6.42 Å². The van der Waals surface area contributed by atoms with Crippen LogP contribution in [0, 0.1) is 0 Å². The normalized spacial score (nSPS) is 13.4. The maximum Gasteiger partial charge on any atom is 0.123 e. The molecule has 3 heteroatoms. The molecule has 1 rings (SSSR count). The average molecular weight is 157 g/mol. The second-order valence-electron chi connectivity index (χ2n) is 2.42. The third-order valence-electron chi connectivity index (χ3n) is 1.56. The molecule has 62 valence electrons. The molecule has 1 heterocycles. The maximum absolute atomic E-state index is 12.0. The number of hydrogen-bond acceptors (Lipinski definition) is 2.